The van der Waals surface area contributed by atoms with Gasteiger partial charge in [0.05, 0.1) is 6.54 Å². The summed E-state index contributed by atoms with van der Waals surface area (Å²) in [5, 5.41) is 8.30. The molecule has 0 spiro atoms. The second-order valence-electron chi connectivity index (χ2n) is 6.49. The molecule has 1 aliphatic heterocycles. The Kier molecular flexibility index (Phi) is 5.71. The fourth-order valence-electron chi connectivity index (χ4n) is 2.88. The first-order valence-corrected chi connectivity index (χ1v) is 8.05. The predicted molar refractivity (Wildman–Crippen MR) is 83.2 cm³/mol. The number of nitrogens with two attached hydrogens (primary N) is 1. The molecule has 140 valence electrons. The van der Waals surface area contributed by atoms with Crippen LogP contribution in [0, 0.1) is 5.92 Å². The number of H-pyrrole nitrogens is 1. The van der Waals surface area contributed by atoms with Crippen LogP contribution in [-0.2, 0) is 28.7 Å². The number of aromatic amines is 1. The van der Waals surface area contributed by atoms with E-state index in [-0.39, 0.29) is 37.5 Å². The van der Waals surface area contributed by atoms with Gasteiger partial charge in [-0.05, 0) is 12.3 Å². The molecule has 0 bridgehead atoms. The van der Waals surface area contributed by atoms with Crippen molar-refractivity contribution in [3.05, 3.63) is 17.0 Å². The largest absolute Gasteiger partial charge is 0.435 e. The van der Waals surface area contributed by atoms with Crippen LogP contribution in [0.1, 0.15) is 37.2 Å². The Balaban J connectivity index is 2.19. The average Bonchev–Trinajstić information content (AvgIpc) is 2.96. The van der Waals surface area contributed by atoms with Gasteiger partial charge in [-0.1, -0.05) is 13.8 Å². The number of carbonyl (C=O) groups excluding carboxylic acids is 2. The van der Waals surface area contributed by atoms with E-state index in [2.05, 4.69) is 15.5 Å². The highest BCUT2D eigenvalue weighted by molar-refractivity contribution is 5.88. The van der Waals surface area contributed by atoms with Gasteiger partial charge in [0, 0.05) is 30.8 Å². The molecule has 1 aliphatic rings. The lowest BCUT2D eigenvalue weighted by Gasteiger charge is -2.31. The molecule has 0 unspecified atom stereocenters. The Morgan fingerprint density at radius 3 is 2.64 bits per heavy atom. The Morgan fingerprint density at radius 1 is 1.40 bits per heavy atom. The third-order valence-corrected chi connectivity index (χ3v) is 4.04. The Hall–Kier alpha value is -2.10. The van der Waals surface area contributed by atoms with E-state index in [9.17, 15) is 22.8 Å². The van der Waals surface area contributed by atoms with Gasteiger partial charge in [-0.15, -0.1) is 0 Å². The molecule has 10 heteroatoms. The molecule has 1 atom stereocenters. The lowest BCUT2D eigenvalue weighted by molar-refractivity contribution is -0.143. The van der Waals surface area contributed by atoms with Gasteiger partial charge in [0.2, 0.25) is 11.8 Å². The van der Waals surface area contributed by atoms with E-state index in [4.69, 9.17) is 5.73 Å². The molecular weight excluding hydrogens is 339 g/mol. The van der Waals surface area contributed by atoms with Gasteiger partial charge in [0.25, 0.3) is 0 Å². The molecular formula is C15H22F3N5O2. The summed E-state index contributed by atoms with van der Waals surface area (Å²) in [6.45, 7) is 3.60. The van der Waals surface area contributed by atoms with Crippen LogP contribution in [0.2, 0.25) is 0 Å². The van der Waals surface area contributed by atoms with Crippen LogP contribution in [0.25, 0.3) is 0 Å². The third kappa shape index (κ3) is 4.50. The first kappa shape index (κ1) is 19.2. The molecule has 0 aliphatic carbocycles. The molecule has 0 saturated carbocycles. The molecule has 25 heavy (non-hydrogen) atoms. The van der Waals surface area contributed by atoms with Crippen molar-refractivity contribution in [1.29, 1.82) is 0 Å². The molecule has 0 aromatic carbocycles. The fourth-order valence-corrected chi connectivity index (χ4v) is 2.88. The van der Waals surface area contributed by atoms with Gasteiger partial charge in [-0.25, -0.2) is 0 Å². The highest BCUT2D eigenvalue weighted by atomic mass is 19.4. The second kappa shape index (κ2) is 7.42. The van der Waals surface area contributed by atoms with Crippen molar-refractivity contribution in [3.8, 4) is 0 Å². The molecule has 2 heterocycles. The van der Waals surface area contributed by atoms with E-state index in [0.29, 0.717) is 12.1 Å². The lowest BCUT2D eigenvalue weighted by Crippen LogP contribution is -2.51. The SMILES string of the molecule is CC(C)C[C@H](NC(=O)CN)C(=O)N1CCc2[nH]nc(C(F)(F)F)c2C1. The van der Waals surface area contributed by atoms with Crippen molar-refractivity contribution >= 4 is 11.8 Å². The lowest BCUT2D eigenvalue weighted by atomic mass is 10.00. The summed E-state index contributed by atoms with van der Waals surface area (Å²) >= 11 is 0. The van der Waals surface area contributed by atoms with Crippen molar-refractivity contribution in [2.75, 3.05) is 13.1 Å². The van der Waals surface area contributed by atoms with Gasteiger partial charge in [-0.2, -0.15) is 18.3 Å². The number of halogens is 3. The van der Waals surface area contributed by atoms with Crippen LogP contribution in [0.5, 0.6) is 0 Å². The average molecular weight is 361 g/mol. The number of fused-ring (bicyclic) bond motifs is 1. The summed E-state index contributed by atoms with van der Waals surface area (Å²) in [7, 11) is 0. The molecule has 0 radical (unpaired) electrons. The molecule has 0 fully saturated rings. The fraction of sp³-hybridized carbons (Fsp3) is 0.667. The van der Waals surface area contributed by atoms with Crippen molar-refractivity contribution in [2.24, 2.45) is 11.7 Å². The van der Waals surface area contributed by atoms with Crippen molar-refractivity contribution in [2.45, 2.75) is 45.5 Å². The summed E-state index contributed by atoms with van der Waals surface area (Å²) in [4.78, 5) is 25.6. The van der Waals surface area contributed by atoms with Crippen LogP contribution < -0.4 is 11.1 Å². The van der Waals surface area contributed by atoms with Crippen LogP contribution in [0.3, 0.4) is 0 Å². The van der Waals surface area contributed by atoms with Gasteiger partial charge >= 0.3 is 6.18 Å². The van der Waals surface area contributed by atoms with Crippen LogP contribution >= 0.6 is 0 Å². The van der Waals surface area contributed by atoms with Crippen LogP contribution in [0.15, 0.2) is 0 Å². The summed E-state index contributed by atoms with van der Waals surface area (Å²) < 4.78 is 39.1. The van der Waals surface area contributed by atoms with Gasteiger partial charge in [-0.3, -0.25) is 14.7 Å². The zero-order chi connectivity index (χ0) is 18.8. The zero-order valence-electron chi connectivity index (χ0n) is 14.1. The zero-order valence-corrected chi connectivity index (χ0v) is 14.1. The summed E-state index contributed by atoms with van der Waals surface area (Å²) in [6.07, 6.45) is -3.95. The first-order chi connectivity index (χ1) is 11.6. The monoisotopic (exact) mass is 361 g/mol. The minimum Gasteiger partial charge on any atom is -0.343 e. The standard InChI is InChI=1S/C15H22F3N5O2/c1-8(2)5-11(20-12(24)6-19)14(25)23-4-3-10-9(7-23)13(22-21-10)15(16,17)18/h8,11H,3-7,19H2,1-2H3,(H,20,24)(H,21,22)/t11-/m0/s1. The molecule has 2 rings (SSSR count). The van der Waals surface area contributed by atoms with E-state index >= 15 is 0 Å². The number of hydrogen-bond donors (Lipinski definition) is 3. The van der Waals surface area contributed by atoms with Gasteiger partial charge < -0.3 is 16.0 Å². The normalized spacial score (nSPS) is 15.9. The third-order valence-electron chi connectivity index (χ3n) is 4.04. The number of nitrogens with one attached hydrogen (secondary N) is 2. The van der Waals surface area contributed by atoms with E-state index < -0.39 is 29.7 Å². The number of hydrogen-bond acceptors (Lipinski definition) is 4. The minimum atomic E-state index is -4.58. The summed E-state index contributed by atoms with van der Waals surface area (Å²) in [5.41, 5.74) is 4.66. The number of amides is 2. The quantitative estimate of drug-likeness (QED) is 0.722. The highest BCUT2D eigenvalue weighted by Crippen LogP contribution is 2.34. The second-order valence-corrected chi connectivity index (χ2v) is 6.49. The summed E-state index contributed by atoms with van der Waals surface area (Å²) in [5.74, 6) is -0.765. The Bertz CT molecular complexity index is 642. The minimum absolute atomic E-state index is 0.0134. The van der Waals surface area contributed by atoms with E-state index in [1.807, 2.05) is 13.8 Å². The molecule has 1 aromatic heterocycles. The number of nitrogens with zero attached hydrogens (tertiary/aromatic N) is 2. The van der Waals surface area contributed by atoms with Crippen molar-refractivity contribution in [1.82, 2.24) is 20.4 Å². The number of carbonyl (C=O) groups is 2. The molecule has 7 nitrogen and oxygen atoms in total. The molecule has 2 amide bonds. The maximum atomic E-state index is 13.0. The van der Waals surface area contributed by atoms with Crippen molar-refractivity contribution in [3.63, 3.8) is 0 Å². The highest BCUT2D eigenvalue weighted by Gasteiger charge is 2.40. The molecule has 4 N–H and O–H groups in total. The first-order valence-electron chi connectivity index (χ1n) is 8.05. The van der Waals surface area contributed by atoms with E-state index in [1.54, 1.807) is 0 Å². The number of alkyl halides is 3. The Labute approximate surface area is 143 Å². The molecule has 0 saturated heterocycles. The number of rotatable bonds is 5. The maximum absolute atomic E-state index is 13.0. The predicted octanol–water partition coefficient (Wildman–Crippen LogP) is 0.803. The van der Waals surface area contributed by atoms with Crippen molar-refractivity contribution < 1.29 is 22.8 Å². The van der Waals surface area contributed by atoms with E-state index in [0.717, 1.165) is 0 Å². The summed E-state index contributed by atoms with van der Waals surface area (Å²) in [6, 6.07) is -0.807. The number of aromatic nitrogens is 2. The Morgan fingerprint density at radius 2 is 2.08 bits per heavy atom. The molecule has 1 aromatic rings. The van der Waals surface area contributed by atoms with Crippen LogP contribution in [0.4, 0.5) is 13.2 Å². The topological polar surface area (TPSA) is 104 Å². The smallest absolute Gasteiger partial charge is 0.343 e. The maximum Gasteiger partial charge on any atom is 0.435 e. The van der Waals surface area contributed by atoms with E-state index in [1.165, 1.54) is 4.90 Å². The van der Waals surface area contributed by atoms with Gasteiger partial charge in [0.1, 0.15) is 6.04 Å². The van der Waals surface area contributed by atoms with Crippen LogP contribution in [-0.4, -0.2) is 46.0 Å². The van der Waals surface area contributed by atoms with Gasteiger partial charge in [0.15, 0.2) is 5.69 Å².